The Kier molecular flexibility index (Phi) is 4.41. The van der Waals surface area contributed by atoms with E-state index in [1.165, 1.54) is 23.7 Å². The fourth-order valence-electron chi connectivity index (χ4n) is 2.69. The van der Waals surface area contributed by atoms with Crippen molar-refractivity contribution >= 4 is 17.1 Å². The van der Waals surface area contributed by atoms with Gasteiger partial charge in [0.25, 0.3) is 5.56 Å². The van der Waals surface area contributed by atoms with Crippen molar-refractivity contribution in [1.82, 2.24) is 24.4 Å². The number of aromatic amines is 2. The zero-order valence-electron chi connectivity index (χ0n) is 14.1. The summed E-state index contributed by atoms with van der Waals surface area (Å²) in [5.74, 6) is 0.0691. The number of nitrogens with zero attached hydrogens (tertiary/aromatic N) is 3. The van der Waals surface area contributed by atoms with Gasteiger partial charge in [-0.3, -0.25) is 14.3 Å². The van der Waals surface area contributed by atoms with Gasteiger partial charge in [0.2, 0.25) is 5.95 Å². The second-order valence-corrected chi connectivity index (χ2v) is 6.02. The Bertz CT molecular complexity index is 1020. The summed E-state index contributed by atoms with van der Waals surface area (Å²) in [6, 6.07) is 6.29. The van der Waals surface area contributed by atoms with Crippen molar-refractivity contribution in [1.29, 1.82) is 0 Å². The van der Waals surface area contributed by atoms with Crippen molar-refractivity contribution in [3.63, 3.8) is 0 Å². The molecule has 0 amide bonds. The van der Waals surface area contributed by atoms with E-state index >= 15 is 0 Å². The van der Waals surface area contributed by atoms with E-state index in [0.717, 1.165) is 5.56 Å². The third kappa shape index (κ3) is 3.31. The second-order valence-electron chi connectivity index (χ2n) is 6.02. The summed E-state index contributed by atoms with van der Waals surface area (Å²) >= 11 is 0. The highest BCUT2D eigenvalue weighted by atomic mass is 19.1. The van der Waals surface area contributed by atoms with Gasteiger partial charge in [-0.05, 0) is 31.8 Å². The minimum absolute atomic E-state index is 0.106. The number of H-pyrrole nitrogens is 2. The maximum Gasteiger partial charge on any atom is 0.329 e. The van der Waals surface area contributed by atoms with Crippen molar-refractivity contribution in [3.05, 3.63) is 56.5 Å². The Balaban J connectivity index is 1.88. The lowest BCUT2D eigenvalue weighted by Gasteiger charge is -2.25. The first-order valence-electron chi connectivity index (χ1n) is 7.71. The zero-order chi connectivity index (χ0) is 18.1. The van der Waals surface area contributed by atoms with E-state index in [1.807, 2.05) is 25.1 Å². The van der Waals surface area contributed by atoms with Crippen molar-refractivity contribution < 1.29 is 4.39 Å². The number of imidazole rings is 1. The standard InChI is InChI=1S/C16H19FN6O2/c1-22(2)11(9-5-4-6-10(17)7-9)8-18-15-19-12-13(20-15)23(3)16(25)21-14(12)24/h4-7,11H,8H2,1-3H3,(H2,18,19,20)(H,21,24,25). The van der Waals surface area contributed by atoms with Crippen LogP contribution in [0, 0.1) is 5.82 Å². The first kappa shape index (κ1) is 16.9. The van der Waals surface area contributed by atoms with E-state index in [-0.39, 0.29) is 23.0 Å². The molecule has 132 valence electrons. The molecule has 2 aromatic heterocycles. The molecule has 3 N–H and O–H groups in total. The lowest BCUT2D eigenvalue weighted by molar-refractivity contribution is 0.311. The van der Waals surface area contributed by atoms with Crippen molar-refractivity contribution in [3.8, 4) is 0 Å². The van der Waals surface area contributed by atoms with Gasteiger partial charge in [0.05, 0.1) is 6.04 Å². The quantitative estimate of drug-likeness (QED) is 0.635. The number of anilines is 1. The number of fused-ring (bicyclic) bond motifs is 1. The van der Waals surface area contributed by atoms with Crippen LogP contribution in [0.5, 0.6) is 0 Å². The van der Waals surface area contributed by atoms with Crippen LogP contribution in [-0.4, -0.2) is 45.1 Å². The predicted octanol–water partition coefficient (Wildman–Crippen LogP) is 0.804. The summed E-state index contributed by atoms with van der Waals surface area (Å²) in [7, 11) is 5.31. The molecule has 1 atom stereocenters. The molecule has 1 aromatic carbocycles. The third-order valence-electron chi connectivity index (χ3n) is 4.07. The number of aromatic nitrogens is 4. The van der Waals surface area contributed by atoms with Gasteiger partial charge in [0.15, 0.2) is 11.2 Å². The summed E-state index contributed by atoms with van der Waals surface area (Å²) in [4.78, 5) is 34.8. The molecule has 0 radical (unpaired) electrons. The molecule has 0 bridgehead atoms. The van der Waals surface area contributed by atoms with Gasteiger partial charge in [-0.25, -0.2) is 9.18 Å². The highest BCUT2D eigenvalue weighted by molar-refractivity contribution is 5.72. The van der Waals surface area contributed by atoms with E-state index in [0.29, 0.717) is 12.5 Å². The highest BCUT2D eigenvalue weighted by Crippen LogP contribution is 2.20. The number of halogens is 1. The number of aryl methyl sites for hydroxylation is 1. The second kappa shape index (κ2) is 6.52. The smallest absolute Gasteiger partial charge is 0.329 e. The summed E-state index contributed by atoms with van der Waals surface area (Å²) in [5, 5.41) is 3.11. The Morgan fingerprint density at radius 3 is 2.76 bits per heavy atom. The summed E-state index contributed by atoms with van der Waals surface area (Å²) in [5.41, 5.74) is 0.258. The first-order chi connectivity index (χ1) is 11.9. The topological polar surface area (TPSA) is 98.8 Å². The molecule has 0 aliphatic heterocycles. The van der Waals surface area contributed by atoms with Crippen LogP contribution in [0.15, 0.2) is 33.9 Å². The predicted molar refractivity (Wildman–Crippen MR) is 93.3 cm³/mol. The van der Waals surface area contributed by atoms with Gasteiger partial charge >= 0.3 is 5.69 Å². The largest absolute Gasteiger partial charge is 0.354 e. The monoisotopic (exact) mass is 346 g/mol. The van der Waals surface area contributed by atoms with Gasteiger partial charge in [-0.15, -0.1) is 0 Å². The minimum Gasteiger partial charge on any atom is -0.354 e. The van der Waals surface area contributed by atoms with E-state index < -0.39 is 11.2 Å². The number of hydrogen-bond donors (Lipinski definition) is 3. The maximum absolute atomic E-state index is 13.5. The molecule has 0 aliphatic carbocycles. The van der Waals surface area contributed by atoms with Gasteiger partial charge in [-0.1, -0.05) is 12.1 Å². The summed E-state index contributed by atoms with van der Waals surface area (Å²) < 4.78 is 14.8. The molecular weight excluding hydrogens is 327 g/mol. The normalized spacial score (nSPS) is 12.7. The van der Waals surface area contributed by atoms with Crippen LogP contribution in [0.1, 0.15) is 11.6 Å². The molecule has 9 heteroatoms. The Morgan fingerprint density at radius 2 is 2.08 bits per heavy atom. The van der Waals surface area contributed by atoms with E-state index in [9.17, 15) is 14.0 Å². The number of rotatable bonds is 5. The lowest BCUT2D eigenvalue weighted by atomic mass is 10.1. The molecule has 0 fully saturated rings. The highest BCUT2D eigenvalue weighted by Gasteiger charge is 2.16. The molecule has 3 rings (SSSR count). The molecule has 8 nitrogen and oxygen atoms in total. The molecule has 25 heavy (non-hydrogen) atoms. The summed E-state index contributed by atoms with van der Waals surface area (Å²) in [6.07, 6.45) is 0. The number of nitrogens with one attached hydrogen (secondary N) is 3. The van der Waals surface area contributed by atoms with Crippen molar-refractivity contribution in [2.24, 2.45) is 7.05 Å². The van der Waals surface area contributed by atoms with Gasteiger partial charge < -0.3 is 15.2 Å². The molecule has 0 spiro atoms. The molecule has 0 aliphatic rings. The van der Waals surface area contributed by atoms with Gasteiger partial charge in [0, 0.05) is 13.6 Å². The van der Waals surface area contributed by atoms with Crippen LogP contribution < -0.4 is 16.6 Å². The summed E-state index contributed by atoms with van der Waals surface area (Å²) in [6.45, 7) is 0.433. The first-order valence-corrected chi connectivity index (χ1v) is 7.71. The Labute approximate surface area is 142 Å². The number of hydrogen-bond acceptors (Lipinski definition) is 5. The lowest BCUT2D eigenvalue weighted by Crippen LogP contribution is -2.28. The van der Waals surface area contributed by atoms with Crippen LogP contribution in [0.3, 0.4) is 0 Å². The molecule has 0 saturated heterocycles. The Morgan fingerprint density at radius 1 is 1.32 bits per heavy atom. The van der Waals surface area contributed by atoms with Crippen LogP contribution in [-0.2, 0) is 7.05 Å². The van der Waals surface area contributed by atoms with E-state index in [4.69, 9.17) is 0 Å². The maximum atomic E-state index is 13.5. The van der Waals surface area contributed by atoms with E-state index in [2.05, 4.69) is 20.3 Å². The van der Waals surface area contributed by atoms with E-state index in [1.54, 1.807) is 6.07 Å². The molecule has 0 saturated carbocycles. The van der Waals surface area contributed by atoms with Crippen LogP contribution >= 0.6 is 0 Å². The van der Waals surface area contributed by atoms with Crippen molar-refractivity contribution in [2.45, 2.75) is 6.04 Å². The average Bonchev–Trinajstić information content (AvgIpc) is 2.98. The van der Waals surface area contributed by atoms with Gasteiger partial charge in [-0.2, -0.15) is 4.98 Å². The fraction of sp³-hybridized carbons (Fsp3) is 0.312. The minimum atomic E-state index is -0.526. The van der Waals surface area contributed by atoms with Crippen molar-refractivity contribution in [2.75, 3.05) is 26.0 Å². The zero-order valence-corrected chi connectivity index (χ0v) is 14.1. The third-order valence-corrected chi connectivity index (χ3v) is 4.07. The molecular formula is C16H19FN6O2. The van der Waals surface area contributed by atoms with Crippen LogP contribution in [0.4, 0.5) is 10.3 Å². The number of benzene rings is 1. The van der Waals surface area contributed by atoms with Gasteiger partial charge in [0.1, 0.15) is 5.82 Å². The average molecular weight is 346 g/mol. The fourth-order valence-corrected chi connectivity index (χ4v) is 2.69. The van der Waals surface area contributed by atoms with Crippen LogP contribution in [0.25, 0.3) is 11.2 Å². The Hall–Kier alpha value is -2.94. The molecule has 3 aromatic rings. The number of likely N-dealkylation sites (N-methyl/N-ethyl adjacent to an activating group) is 1. The molecule has 2 heterocycles. The van der Waals surface area contributed by atoms with Crippen LogP contribution in [0.2, 0.25) is 0 Å². The SMILES string of the molecule is CN(C)C(CNc1nc2c([nH]1)c(=O)[nH]c(=O)n2C)c1cccc(F)c1. The molecule has 1 unspecified atom stereocenters.